The van der Waals surface area contributed by atoms with Crippen molar-refractivity contribution in [3.05, 3.63) is 77.1 Å². The molecule has 10 heteroatoms. The highest BCUT2D eigenvalue weighted by Gasteiger charge is 2.20. The molecule has 166 valence electrons. The van der Waals surface area contributed by atoms with Gasteiger partial charge >= 0.3 is 0 Å². The maximum Gasteiger partial charge on any atom is 0.261 e. The Hall–Kier alpha value is -3.30. The Morgan fingerprint density at radius 1 is 0.969 bits per heavy atom. The van der Waals surface area contributed by atoms with Crippen molar-refractivity contribution in [1.29, 1.82) is 0 Å². The zero-order valence-electron chi connectivity index (χ0n) is 16.6. The van der Waals surface area contributed by atoms with Crippen LogP contribution in [-0.2, 0) is 10.0 Å². The lowest BCUT2D eigenvalue weighted by molar-refractivity contribution is 0.102. The SMILES string of the molecule is O=C(Nc1ccccc1NS(=O)(=O)c1ccc(F)cc1)c1cc(Cl)c2c(c1)OCCCO2. The molecular weight excluding hydrogens is 459 g/mol. The first-order chi connectivity index (χ1) is 15.3. The standard InChI is InChI=1S/C22H18ClFN2O5S/c23-17-12-14(13-20-21(17)31-11-3-10-30-20)22(27)25-18-4-1-2-5-19(18)26-32(28,29)16-8-6-15(24)7-9-16/h1-2,4-9,12-13,26H,3,10-11H2,(H,25,27). The number of para-hydroxylation sites is 2. The lowest BCUT2D eigenvalue weighted by Gasteiger charge is -2.15. The molecule has 0 saturated carbocycles. The van der Waals surface area contributed by atoms with Gasteiger partial charge in [-0.3, -0.25) is 9.52 Å². The van der Waals surface area contributed by atoms with E-state index >= 15 is 0 Å². The summed E-state index contributed by atoms with van der Waals surface area (Å²) < 4.78 is 52.1. The maximum absolute atomic E-state index is 13.1. The number of benzene rings is 3. The van der Waals surface area contributed by atoms with E-state index < -0.39 is 21.7 Å². The lowest BCUT2D eigenvalue weighted by Crippen LogP contribution is -2.17. The number of halogens is 2. The summed E-state index contributed by atoms with van der Waals surface area (Å²) in [5.74, 6) is -0.319. The summed E-state index contributed by atoms with van der Waals surface area (Å²) in [5, 5.41) is 2.91. The summed E-state index contributed by atoms with van der Waals surface area (Å²) in [6.07, 6.45) is 0.689. The number of hydrogen-bond acceptors (Lipinski definition) is 5. The molecule has 3 aromatic rings. The molecule has 0 saturated heterocycles. The molecule has 0 unspecified atom stereocenters. The van der Waals surface area contributed by atoms with Crippen molar-refractivity contribution in [3.8, 4) is 11.5 Å². The van der Waals surface area contributed by atoms with E-state index in [0.717, 1.165) is 24.3 Å². The zero-order chi connectivity index (χ0) is 22.7. The number of rotatable bonds is 5. The fraction of sp³-hybridized carbons (Fsp3) is 0.136. The largest absolute Gasteiger partial charge is 0.489 e. The minimum absolute atomic E-state index is 0.116. The third-order valence-corrected chi connectivity index (χ3v) is 6.27. The van der Waals surface area contributed by atoms with E-state index in [9.17, 15) is 17.6 Å². The molecular formula is C22H18ClFN2O5S. The van der Waals surface area contributed by atoms with Crippen LogP contribution in [0.25, 0.3) is 0 Å². The van der Waals surface area contributed by atoms with Crippen molar-refractivity contribution < 1.29 is 27.1 Å². The molecule has 7 nitrogen and oxygen atoms in total. The molecule has 0 aromatic heterocycles. The number of carbonyl (C=O) groups is 1. The van der Waals surface area contributed by atoms with Crippen LogP contribution in [0.3, 0.4) is 0 Å². The molecule has 1 amide bonds. The zero-order valence-corrected chi connectivity index (χ0v) is 18.2. The Kier molecular flexibility index (Phi) is 6.20. The van der Waals surface area contributed by atoms with Crippen molar-refractivity contribution in [3.63, 3.8) is 0 Å². The van der Waals surface area contributed by atoms with E-state index in [0.29, 0.717) is 31.1 Å². The van der Waals surface area contributed by atoms with Crippen LogP contribution in [0.1, 0.15) is 16.8 Å². The molecule has 0 radical (unpaired) electrons. The molecule has 32 heavy (non-hydrogen) atoms. The first-order valence-electron chi connectivity index (χ1n) is 9.61. The van der Waals surface area contributed by atoms with Gasteiger partial charge in [0.25, 0.3) is 15.9 Å². The summed E-state index contributed by atoms with van der Waals surface area (Å²) >= 11 is 6.26. The Labute approximate surface area is 189 Å². The highest BCUT2D eigenvalue weighted by atomic mass is 35.5. The number of ether oxygens (including phenoxy) is 2. The second-order valence-corrected chi connectivity index (χ2v) is 8.98. The van der Waals surface area contributed by atoms with Crippen LogP contribution in [0.15, 0.2) is 65.6 Å². The van der Waals surface area contributed by atoms with Gasteiger partial charge in [-0.25, -0.2) is 12.8 Å². The molecule has 1 heterocycles. The summed E-state index contributed by atoms with van der Waals surface area (Å²) in [5.41, 5.74) is 0.590. The van der Waals surface area contributed by atoms with Crippen molar-refractivity contribution in [2.75, 3.05) is 23.3 Å². The first-order valence-corrected chi connectivity index (χ1v) is 11.5. The van der Waals surface area contributed by atoms with E-state index in [1.807, 2.05) is 0 Å². The Bertz CT molecular complexity index is 1270. The van der Waals surface area contributed by atoms with Gasteiger partial charge < -0.3 is 14.8 Å². The highest BCUT2D eigenvalue weighted by Crippen LogP contribution is 2.38. The number of anilines is 2. The van der Waals surface area contributed by atoms with Gasteiger partial charge in [0.2, 0.25) is 0 Å². The third-order valence-electron chi connectivity index (χ3n) is 4.61. The fourth-order valence-corrected chi connectivity index (χ4v) is 4.40. The number of hydrogen-bond donors (Lipinski definition) is 2. The number of amides is 1. The number of nitrogens with one attached hydrogen (secondary N) is 2. The van der Waals surface area contributed by atoms with Gasteiger partial charge in [-0.1, -0.05) is 23.7 Å². The molecule has 1 aliphatic heterocycles. The van der Waals surface area contributed by atoms with Crippen LogP contribution in [-0.4, -0.2) is 27.5 Å². The van der Waals surface area contributed by atoms with Gasteiger partial charge in [0.15, 0.2) is 11.5 Å². The van der Waals surface area contributed by atoms with Crippen LogP contribution >= 0.6 is 11.6 Å². The molecule has 4 rings (SSSR count). The van der Waals surface area contributed by atoms with Crippen LogP contribution in [0.4, 0.5) is 15.8 Å². The predicted molar refractivity (Wildman–Crippen MR) is 119 cm³/mol. The van der Waals surface area contributed by atoms with Crippen molar-refractivity contribution >= 4 is 38.9 Å². The summed E-state index contributed by atoms with van der Waals surface area (Å²) in [7, 11) is -4.00. The molecule has 0 aliphatic carbocycles. The Balaban J connectivity index is 1.58. The van der Waals surface area contributed by atoms with E-state index in [4.69, 9.17) is 21.1 Å². The van der Waals surface area contributed by atoms with E-state index in [1.165, 1.54) is 18.2 Å². The molecule has 3 aromatic carbocycles. The van der Waals surface area contributed by atoms with Crippen LogP contribution in [0.2, 0.25) is 5.02 Å². The average molecular weight is 477 g/mol. The monoisotopic (exact) mass is 476 g/mol. The van der Waals surface area contributed by atoms with Gasteiger partial charge in [-0.15, -0.1) is 0 Å². The van der Waals surface area contributed by atoms with Gasteiger partial charge in [-0.2, -0.15) is 0 Å². The van der Waals surface area contributed by atoms with Crippen LogP contribution in [0, 0.1) is 5.82 Å². The highest BCUT2D eigenvalue weighted by molar-refractivity contribution is 7.92. The van der Waals surface area contributed by atoms with Gasteiger partial charge in [-0.05, 0) is 48.5 Å². The maximum atomic E-state index is 13.1. The number of fused-ring (bicyclic) bond motifs is 1. The van der Waals surface area contributed by atoms with Gasteiger partial charge in [0.1, 0.15) is 5.82 Å². The Morgan fingerprint density at radius 2 is 1.66 bits per heavy atom. The normalized spacial score (nSPS) is 13.2. The van der Waals surface area contributed by atoms with E-state index in [-0.39, 0.29) is 26.9 Å². The summed E-state index contributed by atoms with van der Waals surface area (Å²) in [6, 6.07) is 13.7. The van der Waals surface area contributed by atoms with Gasteiger partial charge in [0.05, 0.1) is 34.5 Å². The van der Waals surface area contributed by atoms with Crippen LogP contribution < -0.4 is 19.5 Å². The number of carbonyl (C=O) groups excluding carboxylic acids is 1. The van der Waals surface area contributed by atoms with Gasteiger partial charge in [0, 0.05) is 12.0 Å². The van der Waals surface area contributed by atoms with Crippen molar-refractivity contribution in [2.24, 2.45) is 0 Å². The molecule has 1 aliphatic rings. The number of sulfonamides is 1. The minimum Gasteiger partial charge on any atom is -0.489 e. The smallest absolute Gasteiger partial charge is 0.261 e. The predicted octanol–water partition coefficient (Wildman–Crippen LogP) is 4.69. The average Bonchev–Trinajstić information content (AvgIpc) is 3.01. The van der Waals surface area contributed by atoms with E-state index in [1.54, 1.807) is 18.2 Å². The van der Waals surface area contributed by atoms with Crippen molar-refractivity contribution in [1.82, 2.24) is 0 Å². The second kappa shape index (κ2) is 9.05. The first kappa shape index (κ1) is 21.9. The van der Waals surface area contributed by atoms with Crippen molar-refractivity contribution in [2.45, 2.75) is 11.3 Å². The van der Waals surface area contributed by atoms with Crippen LogP contribution in [0.5, 0.6) is 11.5 Å². The lowest BCUT2D eigenvalue weighted by atomic mass is 10.1. The molecule has 0 bridgehead atoms. The molecule has 2 N–H and O–H groups in total. The quantitative estimate of drug-likeness (QED) is 0.557. The van der Waals surface area contributed by atoms with E-state index in [2.05, 4.69) is 10.0 Å². The second-order valence-electron chi connectivity index (χ2n) is 6.89. The minimum atomic E-state index is -4.00. The fourth-order valence-electron chi connectivity index (χ4n) is 3.05. The Morgan fingerprint density at radius 3 is 2.41 bits per heavy atom. The molecule has 0 spiro atoms. The third kappa shape index (κ3) is 4.79. The summed E-state index contributed by atoms with van der Waals surface area (Å²) in [4.78, 5) is 12.8. The summed E-state index contributed by atoms with van der Waals surface area (Å²) in [6.45, 7) is 0.891. The topological polar surface area (TPSA) is 93.7 Å². The molecule has 0 fully saturated rings. The molecule has 0 atom stereocenters.